The Morgan fingerprint density at radius 1 is 1.17 bits per heavy atom. The van der Waals surface area contributed by atoms with Crippen LogP contribution in [0.4, 0.5) is 6.01 Å². The molecule has 9 heteroatoms. The summed E-state index contributed by atoms with van der Waals surface area (Å²) >= 11 is 5.73. The second kappa shape index (κ2) is 5.90. The van der Waals surface area contributed by atoms with E-state index < -0.39 is 10.0 Å². The highest BCUT2D eigenvalue weighted by Crippen LogP contribution is 2.19. The fraction of sp³-hybridized carbons (Fsp3) is 0. The Balaban J connectivity index is 1.85. The molecule has 0 aliphatic carbocycles. The van der Waals surface area contributed by atoms with Crippen LogP contribution >= 0.6 is 11.6 Å². The van der Waals surface area contributed by atoms with Crippen LogP contribution in [0.3, 0.4) is 0 Å². The molecule has 23 heavy (non-hydrogen) atoms. The van der Waals surface area contributed by atoms with Crippen LogP contribution in [0.5, 0.6) is 0 Å². The van der Waals surface area contributed by atoms with Gasteiger partial charge in [-0.25, -0.2) is 0 Å². The van der Waals surface area contributed by atoms with Crippen LogP contribution in [0, 0.1) is 0 Å². The number of nitrogens with zero attached hydrogens (tertiary/aromatic N) is 2. The molecule has 118 valence electrons. The van der Waals surface area contributed by atoms with Gasteiger partial charge in [0.25, 0.3) is 10.0 Å². The lowest BCUT2D eigenvalue weighted by Crippen LogP contribution is -2.24. The van der Waals surface area contributed by atoms with Crippen molar-refractivity contribution in [2.24, 2.45) is 10.1 Å². The van der Waals surface area contributed by atoms with Gasteiger partial charge in [-0.3, -0.25) is 5.32 Å². The fourth-order valence-electron chi connectivity index (χ4n) is 1.85. The van der Waals surface area contributed by atoms with E-state index in [2.05, 4.69) is 14.7 Å². The van der Waals surface area contributed by atoms with Gasteiger partial charge in [0.2, 0.25) is 5.96 Å². The quantitative estimate of drug-likeness (QED) is 0.555. The molecule has 3 rings (SSSR count). The average molecular weight is 351 g/mol. The van der Waals surface area contributed by atoms with Gasteiger partial charge in [-0.15, -0.1) is 4.40 Å². The number of nitrogens with two attached hydrogens (primary N) is 1. The lowest BCUT2D eigenvalue weighted by atomic mass is 10.3. The number of sulfonamides is 1. The molecular weight excluding hydrogens is 340 g/mol. The molecule has 0 radical (unpaired) electrons. The highest BCUT2D eigenvalue weighted by Gasteiger charge is 2.14. The van der Waals surface area contributed by atoms with E-state index in [1.165, 1.54) is 24.3 Å². The van der Waals surface area contributed by atoms with Gasteiger partial charge in [0, 0.05) is 5.02 Å². The summed E-state index contributed by atoms with van der Waals surface area (Å²) in [7, 11) is -3.95. The largest absolute Gasteiger partial charge is 0.423 e. The molecule has 0 atom stereocenters. The van der Waals surface area contributed by atoms with Crippen molar-refractivity contribution in [1.82, 2.24) is 4.98 Å². The minimum Gasteiger partial charge on any atom is -0.423 e. The Morgan fingerprint density at radius 3 is 2.57 bits per heavy atom. The molecule has 0 fully saturated rings. The van der Waals surface area contributed by atoms with Crippen molar-refractivity contribution in [1.29, 1.82) is 0 Å². The number of guanidine groups is 1. The third-order valence-corrected chi connectivity index (χ3v) is 4.42. The van der Waals surface area contributed by atoms with Crippen molar-refractivity contribution < 1.29 is 12.8 Å². The number of aromatic nitrogens is 1. The summed E-state index contributed by atoms with van der Waals surface area (Å²) in [6, 6.07) is 12.7. The van der Waals surface area contributed by atoms with E-state index in [0.29, 0.717) is 16.1 Å². The molecule has 2 aromatic carbocycles. The van der Waals surface area contributed by atoms with Crippen LogP contribution in [0.25, 0.3) is 11.1 Å². The molecule has 0 saturated heterocycles. The minimum atomic E-state index is -3.95. The van der Waals surface area contributed by atoms with E-state index in [1.54, 1.807) is 24.3 Å². The average Bonchev–Trinajstić information content (AvgIpc) is 2.88. The van der Waals surface area contributed by atoms with Crippen LogP contribution < -0.4 is 11.1 Å². The molecule has 0 bridgehead atoms. The smallest absolute Gasteiger partial charge is 0.302 e. The summed E-state index contributed by atoms with van der Waals surface area (Å²) in [6.07, 6.45) is 0. The molecule has 0 spiro atoms. The van der Waals surface area contributed by atoms with E-state index in [1.807, 2.05) is 0 Å². The Kier molecular flexibility index (Phi) is 3.93. The van der Waals surface area contributed by atoms with E-state index in [-0.39, 0.29) is 16.9 Å². The van der Waals surface area contributed by atoms with Gasteiger partial charge in [-0.2, -0.15) is 13.4 Å². The molecular formula is C14H11ClN4O3S. The summed E-state index contributed by atoms with van der Waals surface area (Å²) in [4.78, 5) is 4.09. The van der Waals surface area contributed by atoms with Crippen LogP contribution in [-0.4, -0.2) is 19.4 Å². The Morgan fingerprint density at radius 2 is 1.87 bits per heavy atom. The van der Waals surface area contributed by atoms with Gasteiger partial charge in [0.1, 0.15) is 5.52 Å². The lowest BCUT2D eigenvalue weighted by molar-refractivity contribution is 0.598. The molecule has 7 nitrogen and oxygen atoms in total. The van der Waals surface area contributed by atoms with E-state index >= 15 is 0 Å². The predicted molar refractivity (Wildman–Crippen MR) is 87.9 cm³/mol. The molecule has 0 unspecified atom stereocenters. The lowest BCUT2D eigenvalue weighted by Gasteiger charge is -2.02. The Bertz CT molecular complexity index is 948. The summed E-state index contributed by atoms with van der Waals surface area (Å²) < 4.78 is 33.1. The van der Waals surface area contributed by atoms with Crippen molar-refractivity contribution in [3.8, 4) is 0 Å². The second-order valence-electron chi connectivity index (χ2n) is 4.52. The first-order valence-corrected chi connectivity index (χ1v) is 8.24. The third-order valence-electron chi connectivity index (χ3n) is 2.86. The van der Waals surface area contributed by atoms with Crippen LogP contribution in [0.2, 0.25) is 5.02 Å². The number of nitrogens with one attached hydrogen (secondary N) is 1. The number of para-hydroxylation sites is 2. The van der Waals surface area contributed by atoms with E-state index in [9.17, 15) is 8.42 Å². The number of halogens is 1. The summed E-state index contributed by atoms with van der Waals surface area (Å²) in [6.45, 7) is 0. The molecule has 1 heterocycles. The number of hydrogen-bond acceptors (Lipinski definition) is 4. The van der Waals surface area contributed by atoms with Gasteiger partial charge in [0.15, 0.2) is 5.58 Å². The van der Waals surface area contributed by atoms with Crippen LogP contribution in [0.15, 0.2) is 62.2 Å². The zero-order valence-electron chi connectivity index (χ0n) is 11.6. The molecule has 0 aliphatic heterocycles. The maximum absolute atomic E-state index is 12.1. The Hall–Kier alpha value is -2.58. The van der Waals surface area contributed by atoms with Crippen molar-refractivity contribution in [2.45, 2.75) is 4.90 Å². The summed E-state index contributed by atoms with van der Waals surface area (Å²) in [5.74, 6) is -0.355. The van der Waals surface area contributed by atoms with E-state index in [4.69, 9.17) is 21.8 Å². The first-order chi connectivity index (χ1) is 10.9. The van der Waals surface area contributed by atoms with Gasteiger partial charge in [0.05, 0.1) is 4.90 Å². The van der Waals surface area contributed by atoms with Gasteiger partial charge in [-0.05, 0) is 36.4 Å². The molecule has 0 amide bonds. The molecule has 0 saturated carbocycles. The number of hydrogen-bond donors (Lipinski definition) is 2. The maximum atomic E-state index is 12.1. The van der Waals surface area contributed by atoms with Crippen molar-refractivity contribution in [3.05, 3.63) is 53.6 Å². The van der Waals surface area contributed by atoms with E-state index in [0.717, 1.165) is 0 Å². The molecule has 0 aliphatic rings. The summed E-state index contributed by atoms with van der Waals surface area (Å²) in [5, 5.41) is 2.94. The molecule has 3 N–H and O–H groups in total. The minimum absolute atomic E-state index is 0.0239. The molecule has 3 aromatic rings. The van der Waals surface area contributed by atoms with Gasteiger partial charge < -0.3 is 10.2 Å². The van der Waals surface area contributed by atoms with Crippen LogP contribution in [-0.2, 0) is 10.0 Å². The zero-order valence-corrected chi connectivity index (χ0v) is 13.2. The first-order valence-electron chi connectivity index (χ1n) is 6.43. The zero-order chi connectivity index (χ0) is 16.4. The number of rotatable bonds is 3. The van der Waals surface area contributed by atoms with Crippen molar-refractivity contribution >= 4 is 44.7 Å². The number of oxazole rings is 1. The monoisotopic (exact) mass is 350 g/mol. The van der Waals surface area contributed by atoms with Crippen LogP contribution in [0.1, 0.15) is 0 Å². The van der Waals surface area contributed by atoms with Gasteiger partial charge >= 0.3 is 6.01 Å². The van der Waals surface area contributed by atoms with Crippen molar-refractivity contribution in [2.75, 3.05) is 5.32 Å². The summed E-state index contributed by atoms with van der Waals surface area (Å²) in [5.41, 5.74) is 6.77. The van der Waals surface area contributed by atoms with Gasteiger partial charge in [-0.1, -0.05) is 23.7 Å². The fourth-order valence-corrected chi connectivity index (χ4v) is 2.86. The number of anilines is 1. The standard InChI is InChI=1S/C14H11ClN4O3S/c15-9-5-7-10(8-6-9)23(20,21)19-13(16)18-14-17-11-3-1-2-4-12(11)22-14/h1-8H,(H3,16,17,18,19). The predicted octanol–water partition coefficient (Wildman–Crippen LogP) is 2.60. The maximum Gasteiger partial charge on any atom is 0.302 e. The first kappa shape index (κ1) is 15.3. The normalized spacial score (nSPS) is 12.5. The topological polar surface area (TPSA) is 111 Å². The SMILES string of the molecule is N/C(=N\S(=O)(=O)c1ccc(Cl)cc1)Nc1nc2ccccc2o1. The second-order valence-corrected chi connectivity index (χ2v) is 6.56. The van der Waals surface area contributed by atoms with Crippen molar-refractivity contribution in [3.63, 3.8) is 0 Å². The molecule has 1 aromatic heterocycles. The highest BCUT2D eigenvalue weighted by atomic mass is 35.5. The highest BCUT2D eigenvalue weighted by molar-refractivity contribution is 7.90. The Labute approximate surface area is 136 Å². The number of fused-ring (bicyclic) bond motifs is 1. The third kappa shape index (κ3) is 3.43. The number of benzene rings is 2.